The lowest BCUT2D eigenvalue weighted by Crippen LogP contribution is -1.91. The normalized spacial score (nSPS) is 12.6. The summed E-state index contributed by atoms with van der Waals surface area (Å²) in [5.74, 6) is 0. The Morgan fingerprint density at radius 2 is 2.07 bits per heavy atom. The summed E-state index contributed by atoms with van der Waals surface area (Å²) in [4.78, 5) is 5.88. The van der Waals surface area contributed by atoms with Crippen LogP contribution in [0.25, 0.3) is 0 Å². The minimum atomic E-state index is 0.445. The van der Waals surface area contributed by atoms with E-state index in [2.05, 4.69) is 45.2 Å². The lowest BCUT2D eigenvalue weighted by atomic mass is 10.1. The van der Waals surface area contributed by atoms with Gasteiger partial charge < -0.3 is 0 Å². The molecular weight excluding hydrogens is 270 g/mol. The lowest BCUT2D eigenvalue weighted by molar-refractivity contribution is 0.822. The number of aromatic nitrogens is 1. The monoisotopic (exact) mass is 281 g/mol. The number of thiazole rings is 1. The van der Waals surface area contributed by atoms with Gasteiger partial charge in [-0.1, -0.05) is 46.3 Å². The summed E-state index contributed by atoms with van der Waals surface area (Å²) in [5, 5.41) is 0. The molecule has 0 aliphatic rings. The van der Waals surface area contributed by atoms with Crippen molar-refractivity contribution >= 4 is 27.3 Å². The number of alkyl halides is 1. The molecule has 0 saturated carbocycles. The SMILES string of the molecule is BrC(CCc1cncs1)c1ccccc1. The molecule has 1 aromatic heterocycles. The van der Waals surface area contributed by atoms with E-state index in [1.54, 1.807) is 11.3 Å². The van der Waals surface area contributed by atoms with Crippen LogP contribution < -0.4 is 0 Å². The zero-order valence-electron chi connectivity index (χ0n) is 8.27. The van der Waals surface area contributed by atoms with E-state index in [0.717, 1.165) is 12.8 Å². The molecule has 1 unspecified atom stereocenters. The van der Waals surface area contributed by atoms with Crippen molar-refractivity contribution in [1.82, 2.24) is 4.98 Å². The smallest absolute Gasteiger partial charge is 0.0794 e. The Kier molecular flexibility index (Phi) is 3.92. The fraction of sp³-hybridized carbons (Fsp3) is 0.250. The average molecular weight is 282 g/mol. The van der Waals surface area contributed by atoms with Crippen molar-refractivity contribution in [3.63, 3.8) is 0 Å². The summed E-state index contributed by atoms with van der Waals surface area (Å²) in [6.07, 6.45) is 4.16. The maximum Gasteiger partial charge on any atom is 0.0794 e. The van der Waals surface area contributed by atoms with Gasteiger partial charge in [-0.05, 0) is 18.4 Å². The highest BCUT2D eigenvalue weighted by molar-refractivity contribution is 9.09. The summed E-state index contributed by atoms with van der Waals surface area (Å²) in [5.41, 5.74) is 3.24. The van der Waals surface area contributed by atoms with Crippen LogP contribution in [0.2, 0.25) is 0 Å². The van der Waals surface area contributed by atoms with Gasteiger partial charge in [0, 0.05) is 15.9 Å². The molecule has 0 bridgehead atoms. The van der Waals surface area contributed by atoms with Crippen LogP contribution in [-0.4, -0.2) is 4.98 Å². The first-order chi connectivity index (χ1) is 7.36. The standard InChI is InChI=1S/C12H12BrNS/c13-12(10-4-2-1-3-5-10)7-6-11-8-14-9-15-11/h1-5,8-9,12H,6-7H2. The third-order valence-corrected chi connectivity index (χ3v) is 4.11. The summed E-state index contributed by atoms with van der Waals surface area (Å²) in [7, 11) is 0. The van der Waals surface area contributed by atoms with Crippen molar-refractivity contribution in [2.45, 2.75) is 17.7 Å². The van der Waals surface area contributed by atoms with E-state index in [9.17, 15) is 0 Å². The minimum absolute atomic E-state index is 0.445. The molecule has 1 heterocycles. The van der Waals surface area contributed by atoms with E-state index in [1.807, 2.05) is 17.8 Å². The third-order valence-electron chi connectivity index (χ3n) is 2.29. The molecule has 0 amide bonds. The van der Waals surface area contributed by atoms with Crippen molar-refractivity contribution in [3.8, 4) is 0 Å². The molecule has 0 saturated heterocycles. The number of rotatable bonds is 4. The molecule has 0 N–H and O–H groups in total. The molecule has 78 valence electrons. The molecule has 2 rings (SSSR count). The van der Waals surface area contributed by atoms with Crippen LogP contribution in [0.1, 0.15) is 21.7 Å². The molecule has 0 aliphatic heterocycles. The molecule has 1 atom stereocenters. The van der Waals surface area contributed by atoms with Crippen LogP contribution in [0.5, 0.6) is 0 Å². The predicted molar refractivity (Wildman–Crippen MR) is 68.5 cm³/mol. The van der Waals surface area contributed by atoms with Gasteiger partial charge in [-0.25, -0.2) is 0 Å². The molecule has 15 heavy (non-hydrogen) atoms. The van der Waals surface area contributed by atoms with Crippen molar-refractivity contribution in [2.75, 3.05) is 0 Å². The van der Waals surface area contributed by atoms with Gasteiger partial charge in [-0.2, -0.15) is 0 Å². The largest absolute Gasteiger partial charge is 0.253 e. The number of nitrogens with zero attached hydrogens (tertiary/aromatic N) is 1. The average Bonchev–Trinajstić information content (AvgIpc) is 2.80. The Labute approximate surface area is 102 Å². The molecule has 1 nitrogen and oxygen atoms in total. The summed E-state index contributed by atoms with van der Waals surface area (Å²) < 4.78 is 0. The second-order valence-electron chi connectivity index (χ2n) is 3.38. The van der Waals surface area contributed by atoms with E-state index >= 15 is 0 Å². The van der Waals surface area contributed by atoms with Crippen LogP contribution in [0.15, 0.2) is 42.0 Å². The first-order valence-corrected chi connectivity index (χ1v) is 6.72. The molecule has 0 fully saturated rings. The van der Waals surface area contributed by atoms with E-state index in [0.29, 0.717) is 4.83 Å². The van der Waals surface area contributed by atoms with E-state index in [1.165, 1.54) is 10.4 Å². The molecular formula is C12H12BrNS. The fourth-order valence-corrected chi connectivity index (χ4v) is 2.61. The second-order valence-corrected chi connectivity index (χ2v) is 5.46. The lowest BCUT2D eigenvalue weighted by Gasteiger charge is -2.08. The molecule has 0 aliphatic carbocycles. The van der Waals surface area contributed by atoms with Crippen molar-refractivity contribution in [2.24, 2.45) is 0 Å². The summed E-state index contributed by atoms with van der Waals surface area (Å²) in [6.45, 7) is 0. The third kappa shape index (κ3) is 3.14. The van der Waals surface area contributed by atoms with E-state index in [-0.39, 0.29) is 0 Å². The Morgan fingerprint density at radius 1 is 1.27 bits per heavy atom. The number of halogens is 1. The molecule has 3 heteroatoms. The van der Waals surface area contributed by atoms with Crippen LogP contribution in [0.4, 0.5) is 0 Å². The Bertz CT molecular complexity index is 385. The summed E-state index contributed by atoms with van der Waals surface area (Å²) >= 11 is 5.44. The second kappa shape index (κ2) is 5.42. The van der Waals surface area contributed by atoms with Gasteiger partial charge in [0.15, 0.2) is 0 Å². The molecule has 0 spiro atoms. The highest BCUT2D eigenvalue weighted by Crippen LogP contribution is 2.28. The number of aryl methyl sites for hydroxylation is 1. The van der Waals surface area contributed by atoms with Crippen molar-refractivity contribution in [1.29, 1.82) is 0 Å². The van der Waals surface area contributed by atoms with Crippen LogP contribution >= 0.6 is 27.3 Å². The van der Waals surface area contributed by atoms with Gasteiger partial charge in [-0.3, -0.25) is 4.98 Å². The fourth-order valence-electron chi connectivity index (χ4n) is 1.46. The predicted octanol–water partition coefficient (Wildman–Crippen LogP) is 4.21. The Balaban J connectivity index is 1.90. The van der Waals surface area contributed by atoms with Gasteiger partial charge in [0.05, 0.1) is 5.51 Å². The quantitative estimate of drug-likeness (QED) is 0.765. The van der Waals surface area contributed by atoms with E-state index in [4.69, 9.17) is 0 Å². The first-order valence-electron chi connectivity index (χ1n) is 4.92. The molecule has 1 aromatic carbocycles. The maximum absolute atomic E-state index is 4.08. The van der Waals surface area contributed by atoms with Crippen molar-refractivity contribution in [3.05, 3.63) is 52.5 Å². The molecule has 2 aromatic rings. The number of benzene rings is 1. The number of hydrogen-bond acceptors (Lipinski definition) is 2. The van der Waals surface area contributed by atoms with Crippen LogP contribution in [0, 0.1) is 0 Å². The maximum atomic E-state index is 4.08. The minimum Gasteiger partial charge on any atom is -0.253 e. The van der Waals surface area contributed by atoms with Gasteiger partial charge in [0.2, 0.25) is 0 Å². The van der Waals surface area contributed by atoms with Gasteiger partial charge in [0.1, 0.15) is 0 Å². The van der Waals surface area contributed by atoms with Crippen LogP contribution in [0.3, 0.4) is 0 Å². The first kappa shape index (κ1) is 10.8. The Morgan fingerprint density at radius 3 is 2.73 bits per heavy atom. The molecule has 0 radical (unpaired) electrons. The topological polar surface area (TPSA) is 12.9 Å². The zero-order chi connectivity index (χ0) is 10.5. The van der Waals surface area contributed by atoms with Crippen molar-refractivity contribution < 1.29 is 0 Å². The zero-order valence-corrected chi connectivity index (χ0v) is 10.7. The highest BCUT2D eigenvalue weighted by Gasteiger charge is 2.07. The Hall–Kier alpha value is -0.670. The summed E-state index contributed by atoms with van der Waals surface area (Å²) in [6, 6.07) is 10.5. The van der Waals surface area contributed by atoms with Crippen LogP contribution in [-0.2, 0) is 6.42 Å². The van der Waals surface area contributed by atoms with Gasteiger partial charge in [-0.15, -0.1) is 11.3 Å². The van der Waals surface area contributed by atoms with Gasteiger partial charge in [0.25, 0.3) is 0 Å². The van der Waals surface area contributed by atoms with Gasteiger partial charge >= 0.3 is 0 Å². The number of hydrogen-bond donors (Lipinski definition) is 0. The highest BCUT2D eigenvalue weighted by atomic mass is 79.9. The van der Waals surface area contributed by atoms with E-state index < -0.39 is 0 Å².